The van der Waals surface area contributed by atoms with Crippen LogP contribution in [0.4, 0.5) is 5.69 Å². The van der Waals surface area contributed by atoms with Gasteiger partial charge < -0.3 is 10.1 Å². The molecule has 84 valence electrons. The minimum Gasteiger partial charge on any atom is -0.502 e. The molecule has 0 fully saturated rings. The summed E-state index contributed by atoms with van der Waals surface area (Å²) in [6, 6.07) is 10.5. The molecule has 0 atom stereocenters. The van der Waals surface area contributed by atoms with Crippen molar-refractivity contribution in [1.82, 2.24) is 4.98 Å². The van der Waals surface area contributed by atoms with Gasteiger partial charge in [0.15, 0.2) is 5.75 Å². The number of nitro benzene ring substituents is 1. The summed E-state index contributed by atoms with van der Waals surface area (Å²) in [5.74, 6) is -0.325. The van der Waals surface area contributed by atoms with E-state index in [-0.39, 0.29) is 11.4 Å². The van der Waals surface area contributed by atoms with Gasteiger partial charge in [0, 0.05) is 16.3 Å². The Morgan fingerprint density at radius 2 is 1.88 bits per heavy atom. The van der Waals surface area contributed by atoms with Gasteiger partial charge in [-0.1, -0.05) is 18.2 Å². The van der Waals surface area contributed by atoms with E-state index in [1.807, 2.05) is 24.3 Å². The monoisotopic (exact) mass is 228 g/mol. The number of benzene rings is 2. The Labute approximate surface area is 95.5 Å². The Morgan fingerprint density at radius 1 is 1.12 bits per heavy atom. The second-order valence-corrected chi connectivity index (χ2v) is 3.78. The fourth-order valence-electron chi connectivity index (χ4n) is 2.08. The summed E-state index contributed by atoms with van der Waals surface area (Å²) in [6.07, 6.45) is 0. The number of aromatic amines is 1. The highest BCUT2D eigenvalue weighted by Crippen LogP contribution is 2.37. The molecule has 0 radical (unpaired) electrons. The van der Waals surface area contributed by atoms with Gasteiger partial charge in [0.05, 0.1) is 4.92 Å². The first-order valence-corrected chi connectivity index (χ1v) is 5.05. The summed E-state index contributed by atoms with van der Waals surface area (Å²) >= 11 is 0. The van der Waals surface area contributed by atoms with Gasteiger partial charge in [0.25, 0.3) is 0 Å². The summed E-state index contributed by atoms with van der Waals surface area (Å²) in [4.78, 5) is 13.3. The van der Waals surface area contributed by atoms with Crippen LogP contribution in [-0.2, 0) is 0 Å². The lowest BCUT2D eigenvalue weighted by molar-refractivity contribution is -0.384. The van der Waals surface area contributed by atoms with Crippen LogP contribution < -0.4 is 0 Å². The number of H-pyrrole nitrogens is 1. The van der Waals surface area contributed by atoms with E-state index in [4.69, 9.17) is 0 Å². The summed E-state index contributed by atoms with van der Waals surface area (Å²) in [7, 11) is 0. The molecule has 5 heteroatoms. The lowest BCUT2D eigenvalue weighted by Crippen LogP contribution is -1.89. The van der Waals surface area contributed by atoms with Crippen LogP contribution in [0.15, 0.2) is 36.4 Å². The molecule has 0 spiro atoms. The molecule has 0 bridgehead atoms. The fraction of sp³-hybridized carbons (Fsp3) is 0. The van der Waals surface area contributed by atoms with E-state index in [0.29, 0.717) is 5.52 Å². The second kappa shape index (κ2) is 3.21. The average molecular weight is 228 g/mol. The third-order valence-corrected chi connectivity index (χ3v) is 2.82. The van der Waals surface area contributed by atoms with Crippen molar-refractivity contribution in [1.29, 1.82) is 0 Å². The molecule has 0 amide bonds. The van der Waals surface area contributed by atoms with Gasteiger partial charge in [0.1, 0.15) is 5.52 Å². The third kappa shape index (κ3) is 1.25. The van der Waals surface area contributed by atoms with Gasteiger partial charge in [-0.15, -0.1) is 0 Å². The van der Waals surface area contributed by atoms with Crippen molar-refractivity contribution < 1.29 is 10.0 Å². The molecule has 2 N–H and O–H groups in total. The molecule has 17 heavy (non-hydrogen) atoms. The number of para-hydroxylation sites is 1. The molecule has 0 aliphatic carbocycles. The van der Waals surface area contributed by atoms with E-state index >= 15 is 0 Å². The number of nitro groups is 1. The van der Waals surface area contributed by atoms with Crippen LogP contribution in [0.3, 0.4) is 0 Å². The van der Waals surface area contributed by atoms with E-state index in [0.717, 1.165) is 16.3 Å². The number of fused-ring (bicyclic) bond motifs is 3. The quantitative estimate of drug-likeness (QED) is 0.496. The van der Waals surface area contributed by atoms with Gasteiger partial charge in [-0.3, -0.25) is 10.1 Å². The third-order valence-electron chi connectivity index (χ3n) is 2.82. The van der Waals surface area contributed by atoms with Gasteiger partial charge in [-0.05, 0) is 18.2 Å². The first kappa shape index (κ1) is 9.65. The van der Waals surface area contributed by atoms with Crippen LogP contribution in [0, 0.1) is 10.1 Å². The van der Waals surface area contributed by atoms with Crippen LogP contribution in [0.2, 0.25) is 0 Å². The molecule has 0 saturated carbocycles. The van der Waals surface area contributed by atoms with Gasteiger partial charge >= 0.3 is 5.69 Å². The van der Waals surface area contributed by atoms with E-state index in [9.17, 15) is 15.2 Å². The molecule has 0 aliphatic rings. The topological polar surface area (TPSA) is 79.2 Å². The molecular formula is C12H8N2O3. The van der Waals surface area contributed by atoms with Crippen molar-refractivity contribution in [3.63, 3.8) is 0 Å². The van der Waals surface area contributed by atoms with E-state index in [1.165, 1.54) is 6.07 Å². The Kier molecular flexibility index (Phi) is 1.82. The normalized spacial score (nSPS) is 11.1. The molecule has 3 aromatic rings. The molecule has 0 aliphatic heterocycles. The van der Waals surface area contributed by atoms with Crippen molar-refractivity contribution in [2.24, 2.45) is 0 Å². The molecule has 5 nitrogen and oxygen atoms in total. The Bertz CT molecular complexity index is 746. The summed E-state index contributed by atoms with van der Waals surface area (Å²) < 4.78 is 0. The molecule has 1 heterocycles. The summed E-state index contributed by atoms with van der Waals surface area (Å²) in [5, 5.41) is 22.1. The molecule has 0 saturated heterocycles. The number of nitrogens with zero attached hydrogens (tertiary/aromatic N) is 1. The van der Waals surface area contributed by atoms with E-state index < -0.39 is 4.92 Å². The van der Waals surface area contributed by atoms with Crippen molar-refractivity contribution in [3.8, 4) is 5.75 Å². The fourth-order valence-corrected chi connectivity index (χ4v) is 2.08. The van der Waals surface area contributed by atoms with Crippen LogP contribution in [0.1, 0.15) is 0 Å². The molecular weight excluding hydrogens is 220 g/mol. The number of phenols is 1. The zero-order chi connectivity index (χ0) is 12.0. The van der Waals surface area contributed by atoms with Gasteiger partial charge in [-0.2, -0.15) is 0 Å². The second-order valence-electron chi connectivity index (χ2n) is 3.78. The maximum atomic E-state index is 10.9. The van der Waals surface area contributed by atoms with Gasteiger partial charge in [-0.25, -0.2) is 0 Å². The number of aromatic nitrogens is 1. The number of aromatic hydroxyl groups is 1. The largest absolute Gasteiger partial charge is 0.502 e. The number of phenolic OH excluding ortho intramolecular Hbond substituents is 1. The lowest BCUT2D eigenvalue weighted by atomic mass is 10.1. The minimum absolute atomic E-state index is 0.279. The van der Waals surface area contributed by atoms with Crippen molar-refractivity contribution in [2.45, 2.75) is 0 Å². The standard InChI is InChI=1S/C12H8N2O3/c15-10-6-5-8-7-3-1-2-4-9(7)13-11(8)12(10)14(16)17/h1-6,13,15H. The predicted molar refractivity (Wildman–Crippen MR) is 64.1 cm³/mol. The Hall–Kier alpha value is -2.56. The zero-order valence-corrected chi connectivity index (χ0v) is 8.68. The molecule has 0 unspecified atom stereocenters. The number of nitrogens with one attached hydrogen (secondary N) is 1. The highest BCUT2D eigenvalue weighted by Gasteiger charge is 2.20. The van der Waals surface area contributed by atoms with Gasteiger partial charge in [0.2, 0.25) is 0 Å². The van der Waals surface area contributed by atoms with Crippen LogP contribution in [-0.4, -0.2) is 15.0 Å². The van der Waals surface area contributed by atoms with Crippen LogP contribution in [0.25, 0.3) is 21.8 Å². The first-order valence-electron chi connectivity index (χ1n) is 5.05. The SMILES string of the molecule is O=[N+]([O-])c1c(O)ccc2c1[nH]c1ccccc12. The summed E-state index contributed by atoms with van der Waals surface area (Å²) in [6.45, 7) is 0. The maximum Gasteiger partial charge on any atom is 0.334 e. The van der Waals surface area contributed by atoms with E-state index in [2.05, 4.69) is 4.98 Å². The first-order chi connectivity index (χ1) is 8.18. The lowest BCUT2D eigenvalue weighted by Gasteiger charge is -1.96. The van der Waals surface area contributed by atoms with Crippen molar-refractivity contribution >= 4 is 27.5 Å². The minimum atomic E-state index is -0.576. The summed E-state index contributed by atoms with van der Waals surface area (Å²) in [5.41, 5.74) is 0.895. The van der Waals surface area contributed by atoms with E-state index in [1.54, 1.807) is 6.07 Å². The average Bonchev–Trinajstić information content (AvgIpc) is 2.66. The number of hydrogen-bond donors (Lipinski definition) is 2. The highest BCUT2D eigenvalue weighted by molar-refractivity contribution is 6.10. The van der Waals surface area contributed by atoms with Crippen LogP contribution in [0.5, 0.6) is 5.75 Å². The zero-order valence-electron chi connectivity index (χ0n) is 8.68. The Morgan fingerprint density at radius 3 is 2.65 bits per heavy atom. The molecule has 2 aromatic carbocycles. The number of hydrogen-bond acceptors (Lipinski definition) is 3. The smallest absolute Gasteiger partial charge is 0.334 e. The number of rotatable bonds is 1. The molecule has 1 aromatic heterocycles. The Balaban J connectivity index is 2.56. The molecule has 3 rings (SSSR count). The van der Waals surface area contributed by atoms with Crippen molar-refractivity contribution in [3.05, 3.63) is 46.5 Å². The highest BCUT2D eigenvalue weighted by atomic mass is 16.6. The van der Waals surface area contributed by atoms with Crippen LogP contribution >= 0.6 is 0 Å². The van der Waals surface area contributed by atoms with Crippen molar-refractivity contribution in [2.75, 3.05) is 0 Å². The predicted octanol–water partition coefficient (Wildman–Crippen LogP) is 2.93. The maximum absolute atomic E-state index is 10.9.